The zero-order valence-electron chi connectivity index (χ0n) is 21.8. The number of aromatic amines is 1. The van der Waals surface area contributed by atoms with Gasteiger partial charge in [-0.2, -0.15) is 0 Å². The van der Waals surface area contributed by atoms with Crippen molar-refractivity contribution in [1.29, 1.82) is 0 Å². The second-order valence-corrected chi connectivity index (χ2v) is 9.63. The van der Waals surface area contributed by atoms with Crippen molar-refractivity contribution in [3.63, 3.8) is 0 Å². The van der Waals surface area contributed by atoms with E-state index in [9.17, 15) is 19.5 Å². The number of carbonyl (C=O) groups is 2. The summed E-state index contributed by atoms with van der Waals surface area (Å²) < 4.78 is 1.43. The molecule has 1 amide bonds. The normalized spacial score (nSPS) is 11.0. The average Bonchev–Trinajstić information content (AvgIpc) is 3.37. The van der Waals surface area contributed by atoms with E-state index in [0.717, 1.165) is 29.4 Å². The molecule has 0 atom stereocenters. The molecule has 0 aliphatic heterocycles. The minimum atomic E-state index is -0.950. The molecule has 5 aromatic rings. The van der Waals surface area contributed by atoms with Gasteiger partial charge in [-0.15, -0.1) is 0 Å². The standard InChI is InChI=1S/C31H29N5O4/c37-29(34-18-25-16-24-17-32-13-12-26(24)35-25)20-36-28(23-10-4-9-22(14-23)15-30(38)39)19-33-27(31(36)40)11-5-8-21-6-2-1-3-7-21/h1-4,6-7,9-10,12-14,16-17,19,35H,5,8,11,15,18,20H2,(H,34,37)(H,38,39). The number of benzene rings is 2. The Hall–Kier alpha value is -5.05. The van der Waals surface area contributed by atoms with Crippen LogP contribution in [-0.4, -0.2) is 36.5 Å². The SMILES string of the molecule is O=C(O)Cc1cccc(-c2cnc(CCCc3ccccc3)c(=O)n2CC(=O)NCc2cc3cnccc3[nH]2)c1. The van der Waals surface area contributed by atoms with Crippen LogP contribution in [0.15, 0.2) is 90.1 Å². The fourth-order valence-electron chi connectivity index (χ4n) is 4.73. The van der Waals surface area contributed by atoms with Gasteiger partial charge < -0.3 is 15.4 Å². The predicted octanol–water partition coefficient (Wildman–Crippen LogP) is 3.91. The number of hydrogen-bond acceptors (Lipinski definition) is 5. The minimum absolute atomic E-state index is 0.149. The molecule has 0 unspecified atom stereocenters. The highest BCUT2D eigenvalue weighted by atomic mass is 16.4. The zero-order chi connectivity index (χ0) is 27.9. The zero-order valence-corrected chi connectivity index (χ0v) is 21.8. The second kappa shape index (κ2) is 12.2. The van der Waals surface area contributed by atoms with Crippen molar-refractivity contribution in [2.24, 2.45) is 0 Å². The summed E-state index contributed by atoms with van der Waals surface area (Å²) >= 11 is 0. The number of H-pyrrole nitrogens is 1. The Morgan fingerprint density at radius 2 is 1.77 bits per heavy atom. The van der Waals surface area contributed by atoms with Crippen molar-refractivity contribution in [3.8, 4) is 11.3 Å². The number of hydrogen-bond donors (Lipinski definition) is 3. The van der Waals surface area contributed by atoms with Gasteiger partial charge in [-0.25, -0.2) is 0 Å². The van der Waals surface area contributed by atoms with Gasteiger partial charge in [0.15, 0.2) is 0 Å². The molecule has 40 heavy (non-hydrogen) atoms. The van der Waals surface area contributed by atoms with Gasteiger partial charge in [0.2, 0.25) is 5.91 Å². The van der Waals surface area contributed by atoms with Crippen molar-refractivity contribution in [2.75, 3.05) is 0 Å². The molecule has 2 aromatic carbocycles. The van der Waals surface area contributed by atoms with Crippen LogP contribution in [-0.2, 0) is 41.9 Å². The molecule has 0 radical (unpaired) electrons. The Bertz CT molecular complexity index is 1680. The number of pyridine rings is 1. The molecule has 202 valence electrons. The first-order chi connectivity index (χ1) is 19.5. The molecular weight excluding hydrogens is 506 g/mol. The Morgan fingerprint density at radius 3 is 2.58 bits per heavy atom. The molecule has 0 aliphatic carbocycles. The topological polar surface area (TPSA) is 130 Å². The number of rotatable bonds is 11. The Morgan fingerprint density at radius 1 is 0.950 bits per heavy atom. The monoisotopic (exact) mass is 535 g/mol. The predicted molar refractivity (Wildman–Crippen MR) is 152 cm³/mol. The lowest BCUT2D eigenvalue weighted by atomic mass is 10.0. The van der Waals surface area contributed by atoms with E-state index in [0.29, 0.717) is 28.9 Å². The maximum absolute atomic E-state index is 13.6. The van der Waals surface area contributed by atoms with Gasteiger partial charge in [0, 0.05) is 34.6 Å². The van der Waals surface area contributed by atoms with Crippen molar-refractivity contribution in [2.45, 2.75) is 38.8 Å². The summed E-state index contributed by atoms with van der Waals surface area (Å²) in [7, 11) is 0. The molecule has 9 nitrogen and oxygen atoms in total. The third kappa shape index (κ3) is 6.50. The van der Waals surface area contributed by atoms with Crippen molar-refractivity contribution in [1.82, 2.24) is 24.8 Å². The molecule has 5 rings (SSSR count). The van der Waals surface area contributed by atoms with E-state index >= 15 is 0 Å². The highest BCUT2D eigenvalue weighted by Crippen LogP contribution is 2.20. The van der Waals surface area contributed by atoms with Crippen LogP contribution in [0, 0.1) is 0 Å². The lowest BCUT2D eigenvalue weighted by Crippen LogP contribution is -2.34. The molecule has 0 saturated heterocycles. The number of aromatic nitrogens is 4. The van der Waals surface area contributed by atoms with Gasteiger partial charge in [0.05, 0.1) is 24.9 Å². The van der Waals surface area contributed by atoms with Crippen molar-refractivity contribution < 1.29 is 14.7 Å². The van der Waals surface area contributed by atoms with Gasteiger partial charge in [0.25, 0.3) is 5.56 Å². The number of nitrogens with one attached hydrogen (secondary N) is 2. The first-order valence-electron chi connectivity index (χ1n) is 13.1. The van der Waals surface area contributed by atoms with E-state index in [4.69, 9.17) is 0 Å². The molecule has 0 fully saturated rings. The number of amides is 1. The maximum Gasteiger partial charge on any atom is 0.307 e. The fraction of sp³-hybridized carbons (Fsp3) is 0.194. The van der Waals surface area contributed by atoms with Crippen LogP contribution in [0.1, 0.15) is 28.9 Å². The first kappa shape index (κ1) is 26.6. The van der Waals surface area contributed by atoms with Gasteiger partial charge in [-0.1, -0.05) is 48.5 Å². The Kier molecular flexibility index (Phi) is 8.10. The molecule has 3 N–H and O–H groups in total. The third-order valence-electron chi connectivity index (χ3n) is 6.68. The lowest BCUT2D eigenvalue weighted by Gasteiger charge is -2.15. The average molecular weight is 536 g/mol. The van der Waals surface area contributed by atoms with Crippen LogP contribution < -0.4 is 10.9 Å². The maximum atomic E-state index is 13.6. The van der Waals surface area contributed by atoms with Gasteiger partial charge in [-0.05, 0) is 48.6 Å². The molecule has 0 bridgehead atoms. The minimum Gasteiger partial charge on any atom is -0.481 e. The van der Waals surface area contributed by atoms with E-state index in [-0.39, 0.29) is 31.0 Å². The molecule has 3 heterocycles. The highest BCUT2D eigenvalue weighted by molar-refractivity contribution is 5.80. The fourth-order valence-corrected chi connectivity index (χ4v) is 4.73. The Balaban J connectivity index is 1.38. The molecule has 0 spiro atoms. The molecule has 9 heteroatoms. The van der Waals surface area contributed by atoms with Crippen LogP contribution in [0.2, 0.25) is 0 Å². The second-order valence-electron chi connectivity index (χ2n) is 9.63. The summed E-state index contributed by atoms with van der Waals surface area (Å²) in [5, 5.41) is 13.1. The number of nitrogens with zero attached hydrogens (tertiary/aromatic N) is 3. The number of carbonyl (C=O) groups excluding carboxylic acids is 1. The molecule has 3 aromatic heterocycles. The molecular formula is C31H29N5O4. The lowest BCUT2D eigenvalue weighted by molar-refractivity contribution is -0.136. The van der Waals surface area contributed by atoms with Crippen LogP contribution in [0.5, 0.6) is 0 Å². The highest BCUT2D eigenvalue weighted by Gasteiger charge is 2.16. The van der Waals surface area contributed by atoms with Gasteiger partial charge >= 0.3 is 5.97 Å². The largest absolute Gasteiger partial charge is 0.481 e. The summed E-state index contributed by atoms with van der Waals surface area (Å²) in [5.74, 6) is -1.28. The summed E-state index contributed by atoms with van der Waals surface area (Å²) in [5.41, 5.74) is 4.65. The van der Waals surface area contributed by atoms with Crippen LogP contribution in [0.4, 0.5) is 0 Å². The van der Waals surface area contributed by atoms with Crippen molar-refractivity contribution >= 4 is 22.8 Å². The number of aliphatic carboxylic acids is 1. The van der Waals surface area contributed by atoms with E-state index in [1.54, 1.807) is 42.9 Å². The molecule has 0 aliphatic rings. The molecule has 0 saturated carbocycles. The Labute approximate surface area is 230 Å². The van der Waals surface area contributed by atoms with Gasteiger partial charge in [-0.3, -0.25) is 28.9 Å². The summed E-state index contributed by atoms with van der Waals surface area (Å²) in [6.07, 6.45) is 6.90. The number of carboxylic acid groups (broad SMARTS) is 1. The van der Waals surface area contributed by atoms with Crippen LogP contribution >= 0.6 is 0 Å². The summed E-state index contributed by atoms with van der Waals surface area (Å²) in [6.45, 7) is 0.0635. The van der Waals surface area contributed by atoms with E-state index in [1.807, 2.05) is 42.5 Å². The van der Waals surface area contributed by atoms with E-state index in [1.165, 1.54) is 10.1 Å². The smallest absolute Gasteiger partial charge is 0.307 e. The number of fused-ring (bicyclic) bond motifs is 1. The van der Waals surface area contributed by atoms with Crippen LogP contribution in [0.25, 0.3) is 22.2 Å². The van der Waals surface area contributed by atoms with Crippen LogP contribution in [0.3, 0.4) is 0 Å². The number of carboxylic acids is 1. The van der Waals surface area contributed by atoms with E-state index in [2.05, 4.69) is 20.3 Å². The summed E-state index contributed by atoms with van der Waals surface area (Å²) in [6, 6.07) is 20.8. The number of aryl methyl sites for hydroxylation is 2. The van der Waals surface area contributed by atoms with Gasteiger partial charge in [0.1, 0.15) is 12.2 Å². The third-order valence-corrected chi connectivity index (χ3v) is 6.68. The quantitative estimate of drug-likeness (QED) is 0.235. The van der Waals surface area contributed by atoms with E-state index < -0.39 is 5.97 Å². The first-order valence-corrected chi connectivity index (χ1v) is 13.1. The van der Waals surface area contributed by atoms with Crippen molar-refractivity contribution in [3.05, 3.63) is 118 Å². The summed E-state index contributed by atoms with van der Waals surface area (Å²) in [4.78, 5) is 49.8.